The Hall–Kier alpha value is -1.89. The van der Waals surface area contributed by atoms with Gasteiger partial charge < -0.3 is 5.32 Å². The molecule has 1 aromatic heterocycles. The number of nitrogens with one attached hydrogen (secondary N) is 1. The monoisotopic (exact) mass is 259 g/mol. The first-order valence-electron chi connectivity index (χ1n) is 6.72. The highest BCUT2D eigenvalue weighted by Crippen LogP contribution is 2.30. The molecule has 0 aliphatic rings. The van der Waals surface area contributed by atoms with Crippen molar-refractivity contribution in [2.45, 2.75) is 46.5 Å². The number of carbonyl (C=O) groups is 1. The lowest BCUT2D eigenvalue weighted by Crippen LogP contribution is -2.35. The first kappa shape index (κ1) is 15.2. The maximum Gasteiger partial charge on any atom is 0.244 e. The molecule has 0 radical (unpaired) electrons. The first-order chi connectivity index (χ1) is 9.07. The SMILES string of the molecule is CCCC(C#N)(CCC)C(=O)Nc1cncc(C)c1. The smallest absolute Gasteiger partial charge is 0.244 e. The molecular formula is C15H21N3O. The average Bonchev–Trinajstić information content (AvgIpc) is 2.38. The molecule has 0 atom stereocenters. The summed E-state index contributed by atoms with van der Waals surface area (Å²) in [5.41, 5.74) is 0.705. The van der Waals surface area contributed by atoms with Gasteiger partial charge in [-0.1, -0.05) is 26.7 Å². The van der Waals surface area contributed by atoms with Crippen molar-refractivity contribution in [3.63, 3.8) is 0 Å². The van der Waals surface area contributed by atoms with Crippen molar-refractivity contribution in [1.29, 1.82) is 5.26 Å². The van der Waals surface area contributed by atoms with E-state index in [2.05, 4.69) is 16.4 Å². The molecule has 0 aliphatic heterocycles. The Morgan fingerprint density at radius 1 is 1.37 bits per heavy atom. The van der Waals surface area contributed by atoms with Crippen molar-refractivity contribution in [2.24, 2.45) is 5.41 Å². The summed E-state index contributed by atoms with van der Waals surface area (Å²) in [6.45, 7) is 5.89. The number of amides is 1. The second kappa shape index (κ2) is 6.89. The van der Waals surface area contributed by atoms with Crippen LogP contribution in [0.1, 0.15) is 45.1 Å². The standard InChI is InChI=1S/C15H21N3O/c1-4-6-15(11-16,7-5-2)14(19)18-13-8-12(3)9-17-10-13/h8-10H,4-7H2,1-3H3,(H,18,19). The van der Waals surface area contributed by atoms with Gasteiger partial charge in [0.15, 0.2) is 0 Å². The van der Waals surface area contributed by atoms with Crippen molar-refractivity contribution in [2.75, 3.05) is 5.32 Å². The number of hydrogen-bond donors (Lipinski definition) is 1. The molecule has 1 heterocycles. The molecule has 102 valence electrons. The lowest BCUT2D eigenvalue weighted by Gasteiger charge is -2.24. The van der Waals surface area contributed by atoms with Gasteiger partial charge in [0.05, 0.1) is 18.0 Å². The fourth-order valence-electron chi connectivity index (χ4n) is 2.24. The minimum Gasteiger partial charge on any atom is -0.323 e. The van der Waals surface area contributed by atoms with E-state index in [4.69, 9.17) is 0 Å². The van der Waals surface area contributed by atoms with E-state index >= 15 is 0 Å². The van der Waals surface area contributed by atoms with Gasteiger partial charge in [-0.2, -0.15) is 5.26 Å². The van der Waals surface area contributed by atoms with Crippen LogP contribution in [0.2, 0.25) is 0 Å². The molecule has 4 heteroatoms. The van der Waals surface area contributed by atoms with E-state index in [9.17, 15) is 10.1 Å². The molecule has 0 unspecified atom stereocenters. The van der Waals surface area contributed by atoms with Crippen LogP contribution in [0.3, 0.4) is 0 Å². The summed E-state index contributed by atoms with van der Waals surface area (Å²) in [6, 6.07) is 4.07. The van der Waals surface area contributed by atoms with Crippen molar-refractivity contribution in [3.05, 3.63) is 24.0 Å². The van der Waals surface area contributed by atoms with E-state index in [1.165, 1.54) is 0 Å². The van der Waals surface area contributed by atoms with E-state index in [1.807, 2.05) is 26.8 Å². The van der Waals surface area contributed by atoms with Crippen molar-refractivity contribution in [1.82, 2.24) is 4.98 Å². The van der Waals surface area contributed by atoms with Crippen LogP contribution in [0.15, 0.2) is 18.5 Å². The van der Waals surface area contributed by atoms with Crippen LogP contribution in [-0.4, -0.2) is 10.9 Å². The lowest BCUT2D eigenvalue weighted by molar-refractivity contribution is -0.123. The predicted octanol–water partition coefficient (Wildman–Crippen LogP) is 3.44. The van der Waals surface area contributed by atoms with Gasteiger partial charge in [0.25, 0.3) is 0 Å². The number of pyridine rings is 1. The van der Waals surface area contributed by atoms with Crippen LogP contribution < -0.4 is 5.32 Å². The number of aromatic nitrogens is 1. The normalized spacial score (nSPS) is 10.8. The molecule has 19 heavy (non-hydrogen) atoms. The van der Waals surface area contributed by atoms with Gasteiger partial charge in [0.2, 0.25) is 5.91 Å². The largest absolute Gasteiger partial charge is 0.323 e. The van der Waals surface area contributed by atoms with Crippen molar-refractivity contribution >= 4 is 11.6 Å². The molecule has 0 bridgehead atoms. The van der Waals surface area contributed by atoms with Gasteiger partial charge in [-0.15, -0.1) is 0 Å². The molecule has 0 saturated carbocycles. The van der Waals surface area contributed by atoms with E-state index in [1.54, 1.807) is 12.4 Å². The Morgan fingerprint density at radius 3 is 2.47 bits per heavy atom. The Bertz CT molecular complexity index is 471. The highest BCUT2D eigenvalue weighted by atomic mass is 16.2. The molecule has 0 spiro atoms. The third kappa shape index (κ3) is 3.78. The van der Waals surface area contributed by atoms with Crippen LogP contribution in [0, 0.1) is 23.7 Å². The van der Waals surface area contributed by atoms with Gasteiger partial charge >= 0.3 is 0 Å². The highest BCUT2D eigenvalue weighted by molar-refractivity contribution is 5.97. The van der Waals surface area contributed by atoms with Gasteiger partial charge in [0, 0.05) is 6.20 Å². The van der Waals surface area contributed by atoms with Crippen molar-refractivity contribution in [3.8, 4) is 6.07 Å². The second-order valence-corrected chi connectivity index (χ2v) is 4.90. The maximum atomic E-state index is 12.4. The Kier molecular flexibility index (Phi) is 5.50. The molecule has 0 saturated heterocycles. The zero-order valence-electron chi connectivity index (χ0n) is 11.9. The Morgan fingerprint density at radius 2 is 2.00 bits per heavy atom. The summed E-state index contributed by atoms with van der Waals surface area (Å²) in [6.07, 6.45) is 6.13. The second-order valence-electron chi connectivity index (χ2n) is 4.90. The van der Waals surface area contributed by atoms with Crippen LogP contribution in [0.4, 0.5) is 5.69 Å². The summed E-state index contributed by atoms with van der Waals surface area (Å²) in [4.78, 5) is 16.4. The molecule has 1 N–H and O–H groups in total. The van der Waals surface area contributed by atoms with Crippen LogP contribution >= 0.6 is 0 Å². The van der Waals surface area contributed by atoms with Gasteiger partial charge in [0.1, 0.15) is 5.41 Å². The number of nitrogens with zero attached hydrogens (tertiary/aromatic N) is 2. The van der Waals surface area contributed by atoms with E-state index in [-0.39, 0.29) is 5.91 Å². The zero-order chi connectivity index (χ0) is 14.3. The van der Waals surface area contributed by atoms with Crippen LogP contribution in [0.5, 0.6) is 0 Å². The number of nitriles is 1. The summed E-state index contributed by atoms with van der Waals surface area (Å²) in [5, 5.41) is 12.2. The molecule has 1 aromatic rings. The Balaban J connectivity index is 2.91. The fraction of sp³-hybridized carbons (Fsp3) is 0.533. The molecule has 0 aliphatic carbocycles. The molecule has 4 nitrogen and oxygen atoms in total. The van der Waals surface area contributed by atoms with Crippen LogP contribution in [-0.2, 0) is 4.79 Å². The lowest BCUT2D eigenvalue weighted by atomic mass is 9.79. The number of anilines is 1. The summed E-state index contributed by atoms with van der Waals surface area (Å²) in [7, 11) is 0. The molecule has 1 amide bonds. The fourth-order valence-corrected chi connectivity index (χ4v) is 2.24. The van der Waals surface area contributed by atoms with Gasteiger partial charge in [-0.25, -0.2) is 0 Å². The van der Waals surface area contributed by atoms with E-state index < -0.39 is 5.41 Å². The molecular weight excluding hydrogens is 238 g/mol. The number of rotatable bonds is 6. The third-order valence-electron chi connectivity index (χ3n) is 3.14. The molecule has 0 aromatic carbocycles. The number of aryl methyl sites for hydroxylation is 1. The predicted molar refractivity (Wildman–Crippen MR) is 75.5 cm³/mol. The van der Waals surface area contributed by atoms with Gasteiger partial charge in [-0.05, 0) is 31.4 Å². The quantitative estimate of drug-likeness (QED) is 0.851. The van der Waals surface area contributed by atoms with Gasteiger partial charge in [-0.3, -0.25) is 9.78 Å². The zero-order valence-corrected chi connectivity index (χ0v) is 11.9. The molecule has 0 fully saturated rings. The van der Waals surface area contributed by atoms with E-state index in [0.717, 1.165) is 18.4 Å². The summed E-state index contributed by atoms with van der Waals surface area (Å²) < 4.78 is 0. The summed E-state index contributed by atoms with van der Waals surface area (Å²) >= 11 is 0. The third-order valence-corrected chi connectivity index (χ3v) is 3.14. The Labute approximate surface area is 114 Å². The van der Waals surface area contributed by atoms with Crippen molar-refractivity contribution < 1.29 is 4.79 Å². The average molecular weight is 259 g/mol. The highest BCUT2D eigenvalue weighted by Gasteiger charge is 2.36. The minimum atomic E-state index is -0.923. The first-order valence-corrected chi connectivity index (χ1v) is 6.72. The molecule has 1 rings (SSSR count). The number of carbonyl (C=O) groups excluding carboxylic acids is 1. The summed E-state index contributed by atoms with van der Waals surface area (Å²) in [5.74, 6) is -0.217. The van der Waals surface area contributed by atoms with E-state index in [0.29, 0.717) is 18.5 Å². The topological polar surface area (TPSA) is 65.8 Å². The van der Waals surface area contributed by atoms with Crippen LogP contribution in [0.25, 0.3) is 0 Å². The minimum absolute atomic E-state index is 0.217. The maximum absolute atomic E-state index is 12.4. The number of hydrogen-bond acceptors (Lipinski definition) is 3.